The minimum atomic E-state index is -1.14. The van der Waals surface area contributed by atoms with Gasteiger partial charge in [-0.25, -0.2) is 4.79 Å². The summed E-state index contributed by atoms with van der Waals surface area (Å²) < 4.78 is 4.81. The molecule has 0 aromatic carbocycles. The van der Waals surface area contributed by atoms with Crippen molar-refractivity contribution in [3.05, 3.63) is 17.5 Å². The quantitative estimate of drug-likeness (QED) is 0.850. The van der Waals surface area contributed by atoms with E-state index in [0.717, 1.165) is 19.3 Å². The van der Waals surface area contributed by atoms with Gasteiger partial charge < -0.3 is 14.9 Å². The Morgan fingerprint density at radius 2 is 2.06 bits per heavy atom. The van der Waals surface area contributed by atoms with Gasteiger partial charge in [-0.2, -0.15) is 0 Å². The predicted octanol–water partition coefficient (Wildman–Crippen LogP) is 1.50. The van der Waals surface area contributed by atoms with E-state index in [0.29, 0.717) is 24.2 Å². The first kappa shape index (κ1) is 12.6. The van der Waals surface area contributed by atoms with E-state index in [9.17, 15) is 14.7 Å². The van der Waals surface area contributed by atoms with Crippen LogP contribution in [0.5, 0.6) is 0 Å². The summed E-state index contributed by atoms with van der Waals surface area (Å²) in [6.07, 6.45) is 4.89. The average Bonchev–Trinajstić information content (AvgIpc) is 2.76. The van der Waals surface area contributed by atoms with E-state index in [1.807, 2.05) is 0 Å². The van der Waals surface area contributed by atoms with Gasteiger partial charge in [-0.3, -0.25) is 4.79 Å². The Labute approximate surface area is 104 Å². The summed E-state index contributed by atoms with van der Waals surface area (Å²) in [7, 11) is 0. The van der Waals surface area contributed by atoms with Crippen molar-refractivity contribution in [3.8, 4) is 0 Å². The van der Waals surface area contributed by atoms with Crippen molar-refractivity contribution in [1.82, 2.24) is 10.5 Å². The molecule has 2 rings (SSSR count). The van der Waals surface area contributed by atoms with E-state index < -0.39 is 17.4 Å². The summed E-state index contributed by atoms with van der Waals surface area (Å²) in [4.78, 5) is 23.4. The Kier molecular flexibility index (Phi) is 3.36. The topological polar surface area (TPSA) is 92.4 Å². The number of carboxylic acid groups (broad SMARTS) is 1. The molecule has 0 radical (unpaired) electrons. The Bertz CT molecular complexity index is 460. The van der Waals surface area contributed by atoms with Crippen LogP contribution in [0.3, 0.4) is 0 Å². The second kappa shape index (κ2) is 4.80. The van der Waals surface area contributed by atoms with Gasteiger partial charge in [-0.05, 0) is 19.8 Å². The smallest absolute Gasteiger partial charge is 0.329 e. The standard InChI is InChI=1S/C12H16N2O4/c1-8-9(7-13-18-8)10(15)14-12(11(16)17)5-3-2-4-6-12/h7H,2-6H2,1H3,(H,14,15)(H,16,17). The SMILES string of the molecule is Cc1oncc1C(=O)NC1(C(=O)O)CCCCC1. The minimum Gasteiger partial charge on any atom is -0.480 e. The summed E-state index contributed by atoms with van der Waals surface area (Å²) in [6, 6.07) is 0. The first-order chi connectivity index (χ1) is 8.55. The number of carbonyl (C=O) groups is 2. The number of hydrogen-bond acceptors (Lipinski definition) is 4. The second-order valence-electron chi connectivity index (χ2n) is 4.70. The molecule has 1 aromatic rings. The number of aryl methyl sites for hydroxylation is 1. The Hall–Kier alpha value is -1.85. The lowest BCUT2D eigenvalue weighted by molar-refractivity contribution is -0.145. The molecule has 1 aliphatic rings. The van der Waals surface area contributed by atoms with Gasteiger partial charge in [0, 0.05) is 0 Å². The number of aromatic nitrogens is 1. The highest BCUT2D eigenvalue weighted by molar-refractivity contribution is 5.98. The van der Waals surface area contributed by atoms with E-state index >= 15 is 0 Å². The third kappa shape index (κ3) is 2.23. The van der Waals surface area contributed by atoms with Crippen molar-refractivity contribution >= 4 is 11.9 Å². The Balaban J connectivity index is 2.17. The Morgan fingerprint density at radius 3 is 2.56 bits per heavy atom. The average molecular weight is 252 g/mol. The molecule has 98 valence electrons. The molecule has 1 heterocycles. The maximum absolute atomic E-state index is 12.0. The predicted molar refractivity (Wildman–Crippen MR) is 62.2 cm³/mol. The molecule has 1 amide bonds. The van der Waals surface area contributed by atoms with E-state index in [-0.39, 0.29) is 0 Å². The second-order valence-corrected chi connectivity index (χ2v) is 4.70. The molecule has 18 heavy (non-hydrogen) atoms. The summed E-state index contributed by atoms with van der Waals surface area (Å²) in [5.41, 5.74) is -0.847. The van der Waals surface area contributed by atoms with Crippen LogP contribution in [0.15, 0.2) is 10.7 Å². The van der Waals surface area contributed by atoms with E-state index in [2.05, 4.69) is 10.5 Å². The normalized spacial score (nSPS) is 18.3. The van der Waals surface area contributed by atoms with E-state index in [4.69, 9.17) is 4.52 Å². The summed E-state index contributed by atoms with van der Waals surface area (Å²) >= 11 is 0. The van der Waals surface area contributed by atoms with Crippen molar-refractivity contribution < 1.29 is 19.2 Å². The highest BCUT2D eigenvalue weighted by Gasteiger charge is 2.41. The number of carboxylic acids is 1. The zero-order valence-electron chi connectivity index (χ0n) is 10.2. The molecule has 1 aromatic heterocycles. The third-order valence-corrected chi connectivity index (χ3v) is 3.46. The fourth-order valence-corrected chi connectivity index (χ4v) is 2.35. The van der Waals surface area contributed by atoms with Gasteiger partial charge in [0.25, 0.3) is 5.91 Å². The molecule has 0 spiro atoms. The zero-order valence-corrected chi connectivity index (χ0v) is 10.2. The highest BCUT2D eigenvalue weighted by Crippen LogP contribution is 2.29. The van der Waals surface area contributed by atoms with E-state index in [1.54, 1.807) is 6.92 Å². The van der Waals surface area contributed by atoms with E-state index in [1.165, 1.54) is 6.20 Å². The molecular formula is C12H16N2O4. The van der Waals surface area contributed by atoms with Gasteiger partial charge in [0.15, 0.2) is 0 Å². The lowest BCUT2D eigenvalue weighted by Gasteiger charge is -2.33. The van der Waals surface area contributed by atoms with Crippen molar-refractivity contribution in [2.24, 2.45) is 0 Å². The highest BCUT2D eigenvalue weighted by atomic mass is 16.5. The fourth-order valence-electron chi connectivity index (χ4n) is 2.35. The number of amides is 1. The molecule has 2 N–H and O–H groups in total. The number of aliphatic carboxylic acids is 1. The Morgan fingerprint density at radius 1 is 1.39 bits per heavy atom. The molecule has 0 unspecified atom stereocenters. The number of nitrogens with one attached hydrogen (secondary N) is 1. The molecular weight excluding hydrogens is 236 g/mol. The number of hydrogen-bond donors (Lipinski definition) is 2. The lowest BCUT2D eigenvalue weighted by atomic mass is 9.81. The van der Waals surface area contributed by atoms with Crippen LogP contribution in [-0.4, -0.2) is 27.7 Å². The third-order valence-electron chi connectivity index (χ3n) is 3.46. The molecule has 0 aliphatic heterocycles. The molecule has 6 heteroatoms. The molecule has 1 saturated carbocycles. The maximum atomic E-state index is 12.0. The molecule has 6 nitrogen and oxygen atoms in total. The largest absolute Gasteiger partial charge is 0.480 e. The van der Waals surface area contributed by atoms with Gasteiger partial charge in [0.05, 0.1) is 6.20 Å². The van der Waals surface area contributed by atoms with Crippen LogP contribution >= 0.6 is 0 Å². The van der Waals surface area contributed by atoms with Crippen molar-refractivity contribution in [1.29, 1.82) is 0 Å². The number of nitrogens with zero attached hydrogens (tertiary/aromatic N) is 1. The van der Waals surface area contributed by atoms with Crippen LogP contribution in [0.4, 0.5) is 0 Å². The zero-order chi connectivity index (χ0) is 13.2. The summed E-state index contributed by atoms with van der Waals surface area (Å²) in [5.74, 6) is -1.01. The number of rotatable bonds is 3. The van der Waals surface area contributed by atoms with Crippen LogP contribution in [0.1, 0.15) is 48.2 Å². The van der Waals surface area contributed by atoms with Gasteiger partial charge in [-0.1, -0.05) is 24.4 Å². The lowest BCUT2D eigenvalue weighted by Crippen LogP contribution is -2.55. The van der Waals surface area contributed by atoms with Crippen LogP contribution in [0.25, 0.3) is 0 Å². The van der Waals surface area contributed by atoms with Crippen molar-refractivity contribution in [2.45, 2.75) is 44.6 Å². The monoisotopic (exact) mass is 252 g/mol. The first-order valence-corrected chi connectivity index (χ1v) is 6.02. The molecule has 0 bridgehead atoms. The van der Waals surface area contributed by atoms with Crippen LogP contribution in [0.2, 0.25) is 0 Å². The van der Waals surface area contributed by atoms with Gasteiger partial charge in [0.2, 0.25) is 0 Å². The summed E-state index contributed by atoms with van der Waals surface area (Å²) in [5, 5.41) is 15.5. The van der Waals surface area contributed by atoms with Crippen molar-refractivity contribution in [2.75, 3.05) is 0 Å². The summed E-state index contributed by atoms with van der Waals surface area (Å²) in [6.45, 7) is 1.62. The maximum Gasteiger partial charge on any atom is 0.329 e. The minimum absolute atomic E-state index is 0.293. The van der Waals surface area contributed by atoms with Crippen LogP contribution in [0, 0.1) is 6.92 Å². The first-order valence-electron chi connectivity index (χ1n) is 6.02. The molecule has 1 fully saturated rings. The molecule has 1 aliphatic carbocycles. The van der Waals surface area contributed by atoms with Gasteiger partial charge in [-0.15, -0.1) is 0 Å². The molecule has 0 saturated heterocycles. The van der Waals surface area contributed by atoms with Gasteiger partial charge >= 0.3 is 5.97 Å². The fraction of sp³-hybridized carbons (Fsp3) is 0.583. The van der Waals surface area contributed by atoms with Crippen molar-refractivity contribution in [3.63, 3.8) is 0 Å². The van der Waals surface area contributed by atoms with Crippen LogP contribution < -0.4 is 5.32 Å². The number of carbonyl (C=O) groups excluding carboxylic acids is 1. The van der Waals surface area contributed by atoms with Gasteiger partial charge in [0.1, 0.15) is 16.9 Å². The molecule has 0 atom stereocenters. The van der Waals surface area contributed by atoms with Crippen LogP contribution in [-0.2, 0) is 4.79 Å².